The van der Waals surface area contributed by atoms with Gasteiger partial charge in [-0.05, 0) is 60.7 Å². The third-order valence-electron chi connectivity index (χ3n) is 7.38. The van der Waals surface area contributed by atoms with E-state index in [4.69, 9.17) is 11.2 Å². The van der Waals surface area contributed by atoms with Gasteiger partial charge in [-0.2, -0.15) is 8.42 Å². The van der Waals surface area contributed by atoms with Crippen LogP contribution in [0.3, 0.4) is 0 Å². The largest absolute Gasteiger partial charge is 0.381 e. The highest BCUT2D eigenvalue weighted by Gasteiger charge is 2.25. The van der Waals surface area contributed by atoms with E-state index in [2.05, 4.69) is 20.5 Å². The van der Waals surface area contributed by atoms with Gasteiger partial charge in [-0.25, -0.2) is 0 Å². The number of terminal acetylenes is 1. The molecule has 7 nitrogen and oxygen atoms in total. The van der Waals surface area contributed by atoms with Gasteiger partial charge in [-0.3, -0.25) is 9.78 Å². The summed E-state index contributed by atoms with van der Waals surface area (Å²) in [6.07, 6.45) is 10.2. The lowest BCUT2D eigenvalue weighted by Gasteiger charge is -2.28. The summed E-state index contributed by atoms with van der Waals surface area (Å²) in [4.78, 5) is 20.9. The van der Waals surface area contributed by atoms with E-state index in [1.807, 2.05) is 37.3 Å². The molecule has 192 valence electrons. The number of hydrogen-bond acceptors (Lipinski definition) is 5. The average Bonchev–Trinajstić information content (AvgIpc) is 3.31. The number of hydrogen-bond donors (Lipinski definition) is 1. The molecule has 38 heavy (non-hydrogen) atoms. The Morgan fingerprint density at radius 1 is 1.16 bits per heavy atom. The van der Waals surface area contributed by atoms with Crippen molar-refractivity contribution in [3.8, 4) is 23.5 Å². The van der Waals surface area contributed by atoms with Gasteiger partial charge in [0.25, 0.3) is 0 Å². The first kappa shape index (κ1) is 24.3. The highest BCUT2D eigenvalue weighted by molar-refractivity contribution is 7.86. The molecule has 6 rings (SSSR count). The summed E-state index contributed by atoms with van der Waals surface area (Å²) >= 11 is 0. The van der Waals surface area contributed by atoms with Crippen molar-refractivity contribution in [2.75, 3.05) is 13.2 Å². The van der Waals surface area contributed by atoms with E-state index in [0.717, 1.165) is 35.5 Å². The Morgan fingerprint density at radius 2 is 1.95 bits per heavy atom. The van der Waals surface area contributed by atoms with Gasteiger partial charge in [0.05, 0.1) is 10.9 Å². The van der Waals surface area contributed by atoms with E-state index in [0.29, 0.717) is 58.3 Å². The van der Waals surface area contributed by atoms with Gasteiger partial charge in [-0.15, -0.1) is 10.3 Å². The summed E-state index contributed by atoms with van der Waals surface area (Å²) in [6, 6.07) is 10.7. The predicted molar refractivity (Wildman–Crippen MR) is 145 cm³/mol. The molecule has 0 amide bonds. The summed E-state index contributed by atoms with van der Waals surface area (Å²) < 4.78 is 44.8. The number of nitrogens with one attached hydrogen (secondary N) is 1. The zero-order chi connectivity index (χ0) is 26.6. The molecule has 1 fully saturated rings. The fourth-order valence-corrected chi connectivity index (χ4v) is 5.99. The first-order valence-corrected chi connectivity index (χ1v) is 13.8. The van der Waals surface area contributed by atoms with Gasteiger partial charge in [0.15, 0.2) is 5.43 Å². The maximum absolute atomic E-state index is 14.0. The number of halogens is 1. The smallest absolute Gasteiger partial charge is 0.333 e. The van der Waals surface area contributed by atoms with Crippen LogP contribution in [0.5, 0.6) is 0 Å². The molecule has 0 unspecified atom stereocenters. The summed E-state index contributed by atoms with van der Waals surface area (Å²) in [5, 5.41) is 1.97. The van der Waals surface area contributed by atoms with Crippen LogP contribution in [0.2, 0.25) is 0 Å². The van der Waals surface area contributed by atoms with E-state index in [1.54, 1.807) is 0 Å². The molecule has 0 aliphatic carbocycles. The van der Waals surface area contributed by atoms with Crippen LogP contribution in [0.1, 0.15) is 36.9 Å². The first-order chi connectivity index (χ1) is 18.3. The number of aryl methyl sites for hydroxylation is 1. The lowest BCUT2D eigenvalue weighted by atomic mass is 9.95. The zero-order valence-corrected chi connectivity index (χ0v) is 21.4. The molecule has 1 aliphatic heterocycles. The molecular formula is C29H24FN3O4S. The van der Waals surface area contributed by atoms with Crippen LogP contribution >= 0.6 is 0 Å². The highest BCUT2D eigenvalue weighted by atomic mass is 32.3. The van der Waals surface area contributed by atoms with Crippen LogP contribution in [-0.4, -0.2) is 36.2 Å². The maximum Gasteiger partial charge on any atom is 0.333 e. The first-order valence-electron chi connectivity index (χ1n) is 12.4. The minimum Gasteiger partial charge on any atom is -0.381 e. The molecule has 0 spiro atoms. The standard InChI is InChI=1S/C29H24FN3O4S/c1-3-17-5-6-22-25(11-17)32-29-27(22)28(34)24-13-18(4-2)23(19-12-21(16-31-15-19)38(30,35)36)14-26(24)33(29)20-7-9-37-10-8-20/h1,5-6,11-16,20,32H,4,7-10H2,2H3. The Kier molecular flexibility index (Phi) is 5.82. The van der Waals surface area contributed by atoms with Crippen molar-refractivity contribution in [2.45, 2.75) is 37.1 Å². The molecule has 1 saturated heterocycles. The lowest BCUT2D eigenvalue weighted by Crippen LogP contribution is -2.22. The Labute approximate surface area is 218 Å². The minimum atomic E-state index is -4.93. The number of rotatable bonds is 4. The van der Waals surface area contributed by atoms with Gasteiger partial charge >= 0.3 is 10.2 Å². The van der Waals surface area contributed by atoms with Gasteiger partial charge in [0.1, 0.15) is 10.5 Å². The number of ether oxygens (including phenoxy) is 1. The number of fused-ring (bicyclic) bond motifs is 4. The van der Waals surface area contributed by atoms with Crippen LogP contribution in [-0.2, 0) is 21.4 Å². The quantitative estimate of drug-likeness (QED) is 0.254. The monoisotopic (exact) mass is 529 g/mol. The summed E-state index contributed by atoms with van der Waals surface area (Å²) in [7, 11) is -4.93. The maximum atomic E-state index is 14.0. The fraction of sp³-hybridized carbons (Fsp3) is 0.241. The molecule has 3 aromatic heterocycles. The highest BCUT2D eigenvalue weighted by Crippen LogP contribution is 2.36. The van der Waals surface area contributed by atoms with Crippen molar-refractivity contribution in [3.63, 3.8) is 0 Å². The number of nitrogens with zero attached hydrogens (tertiary/aromatic N) is 2. The van der Waals surface area contributed by atoms with Crippen LogP contribution < -0.4 is 5.43 Å². The normalized spacial score (nSPS) is 14.9. The second-order valence-corrected chi connectivity index (χ2v) is 10.9. The van der Waals surface area contributed by atoms with Crippen LogP contribution in [0.25, 0.3) is 44.0 Å². The Bertz CT molecular complexity index is 1960. The molecule has 2 aromatic carbocycles. The second kappa shape index (κ2) is 9.08. The second-order valence-electron chi connectivity index (χ2n) is 9.52. The van der Waals surface area contributed by atoms with Crippen molar-refractivity contribution in [3.05, 3.63) is 70.1 Å². The summed E-state index contributed by atoms with van der Waals surface area (Å²) in [5.74, 6) is 2.65. The van der Waals surface area contributed by atoms with Gasteiger partial charge < -0.3 is 14.3 Å². The SMILES string of the molecule is C#Cc1ccc2c(c1)[nH]c1c2c(=O)c2cc(CC)c(-c3cncc(S(=O)(=O)F)c3)cc2n1C1CCOCC1. The van der Waals surface area contributed by atoms with E-state index in [1.165, 1.54) is 12.3 Å². The van der Waals surface area contributed by atoms with Crippen LogP contribution in [0.15, 0.2) is 58.5 Å². The van der Waals surface area contributed by atoms with Crippen LogP contribution in [0.4, 0.5) is 3.89 Å². The van der Waals surface area contributed by atoms with Gasteiger partial charge in [0.2, 0.25) is 0 Å². The molecule has 0 atom stereocenters. The van der Waals surface area contributed by atoms with E-state index < -0.39 is 15.1 Å². The Balaban J connectivity index is 1.74. The van der Waals surface area contributed by atoms with Gasteiger partial charge in [-0.1, -0.05) is 18.9 Å². The predicted octanol–water partition coefficient (Wildman–Crippen LogP) is 5.25. The number of H-pyrrole nitrogens is 1. The zero-order valence-electron chi connectivity index (χ0n) is 20.6. The molecule has 0 saturated carbocycles. The van der Waals surface area contributed by atoms with E-state index in [9.17, 15) is 17.1 Å². The minimum absolute atomic E-state index is 0.0607. The topological polar surface area (TPSA) is 94.0 Å². The number of aromatic nitrogens is 3. The molecule has 0 bridgehead atoms. The molecule has 0 radical (unpaired) electrons. The number of aromatic amines is 1. The summed E-state index contributed by atoms with van der Waals surface area (Å²) in [6.45, 7) is 3.15. The van der Waals surface area contributed by atoms with Crippen molar-refractivity contribution in [1.82, 2.24) is 14.5 Å². The third-order valence-corrected chi connectivity index (χ3v) is 8.17. The van der Waals surface area contributed by atoms with Crippen molar-refractivity contribution in [2.24, 2.45) is 0 Å². The van der Waals surface area contributed by atoms with Gasteiger partial charge in [0, 0.05) is 59.1 Å². The van der Waals surface area contributed by atoms with E-state index >= 15 is 0 Å². The molecule has 9 heteroatoms. The van der Waals surface area contributed by atoms with Crippen LogP contribution in [0, 0.1) is 12.3 Å². The fourth-order valence-electron chi connectivity index (χ4n) is 5.54. The van der Waals surface area contributed by atoms with Crippen molar-refractivity contribution < 1.29 is 17.0 Å². The van der Waals surface area contributed by atoms with Crippen molar-refractivity contribution >= 4 is 43.1 Å². The third kappa shape index (κ3) is 3.88. The average molecular weight is 530 g/mol. The molecule has 1 aliphatic rings. The van der Waals surface area contributed by atoms with E-state index in [-0.39, 0.29) is 11.5 Å². The number of benzene rings is 2. The Hall–Kier alpha value is -4.00. The lowest BCUT2D eigenvalue weighted by molar-refractivity contribution is 0.0715. The molecule has 4 heterocycles. The van der Waals surface area contributed by atoms with Crippen molar-refractivity contribution in [1.29, 1.82) is 0 Å². The molecule has 1 N–H and O–H groups in total. The Morgan fingerprint density at radius 3 is 2.66 bits per heavy atom. The summed E-state index contributed by atoms with van der Waals surface area (Å²) in [5.41, 5.74) is 4.79. The molecular weight excluding hydrogens is 505 g/mol. The molecule has 5 aromatic rings. The number of pyridine rings is 2.